The number of nitrogens with two attached hydrogens (primary N) is 1. The fourth-order valence-corrected chi connectivity index (χ4v) is 1.90. The molecule has 0 bridgehead atoms. The predicted molar refractivity (Wildman–Crippen MR) is 70.0 cm³/mol. The third-order valence-corrected chi connectivity index (χ3v) is 2.95. The van der Waals surface area contributed by atoms with E-state index in [0.29, 0.717) is 4.47 Å². The van der Waals surface area contributed by atoms with Crippen molar-refractivity contribution in [1.82, 2.24) is 0 Å². The molecule has 0 aliphatic heterocycles. The van der Waals surface area contributed by atoms with Gasteiger partial charge in [-0.05, 0) is 30.3 Å². The van der Waals surface area contributed by atoms with Gasteiger partial charge in [0.2, 0.25) is 0 Å². The lowest BCUT2D eigenvalue weighted by Crippen LogP contribution is -2.07. The van der Waals surface area contributed by atoms with E-state index in [1.165, 1.54) is 18.2 Å². The number of alkyl halides is 3. The van der Waals surface area contributed by atoms with Crippen LogP contribution in [0.15, 0.2) is 40.9 Å². The second-order valence-electron chi connectivity index (χ2n) is 3.90. The topological polar surface area (TPSA) is 35.2 Å². The Bertz CT molecular complexity index is 623. The van der Waals surface area contributed by atoms with Crippen LogP contribution in [0.2, 0.25) is 0 Å². The van der Waals surface area contributed by atoms with Gasteiger partial charge < -0.3 is 10.5 Å². The number of benzene rings is 2. The molecule has 0 heterocycles. The summed E-state index contributed by atoms with van der Waals surface area (Å²) in [5, 5.41) is 0. The first-order valence-electron chi connectivity index (χ1n) is 5.37. The minimum absolute atomic E-state index is 0.0851. The minimum atomic E-state index is -4.62. The van der Waals surface area contributed by atoms with E-state index in [-0.39, 0.29) is 5.69 Å². The fourth-order valence-electron chi connectivity index (χ4n) is 1.56. The van der Waals surface area contributed by atoms with Gasteiger partial charge in [0, 0.05) is 4.47 Å². The molecule has 0 aromatic heterocycles. The van der Waals surface area contributed by atoms with Crippen molar-refractivity contribution in [1.29, 1.82) is 0 Å². The second-order valence-corrected chi connectivity index (χ2v) is 4.81. The largest absolute Gasteiger partial charge is 0.451 e. The van der Waals surface area contributed by atoms with Gasteiger partial charge >= 0.3 is 6.18 Å². The molecule has 0 amide bonds. The molecule has 0 spiro atoms. The van der Waals surface area contributed by atoms with E-state index >= 15 is 0 Å². The first-order chi connectivity index (χ1) is 9.29. The number of halogens is 5. The quantitative estimate of drug-likeness (QED) is 0.612. The molecule has 0 aliphatic carbocycles. The molecule has 2 rings (SSSR count). The summed E-state index contributed by atoms with van der Waals surface area (Å²) < 4.78 is 57.6. The number of para-hydroxylation sites is 1. The van der Waals surface area contributed by atoms with Crippen molar-refractivity contribution in [3.63, 3.8) is 0 Å². The van der Waals surface area contributed by atoms with Crippen LogP contribution >= 0.6 is 15.9 Å². The molecule has 0 unspecified atom stereocenters. The Morgan fingerprint density at radius 2 is 1.80 bits per heavy atom. The van der Waals surface area contributed by atoms with E-state index in [0.717, 1.165) is 18.2 Å². The molecule has 2 aromatic rings. The molecular formula is C13H8BrF4NO. The van der Waals surface area contributed by atoms with Crippen molar-refractivity contribution in [3.8, 4) is 11.5 Å². The Hall–Kier alpha value is -1.76. The van der Waals surface area contributed by atoms with Crippen LogP contribution in [0.1, 0.15) is 5.56 Å². The van der Waals surface area contributed by atoms with Crippen molar-refractivity contribution in [2.75, 3.05) is 5.73 Å². The molecule has 0 radical (unpaired) electrons. The molecule has 0 aliphatic rings. The van der Waals surface area contributed by atoms with Gasteiger partial charge in [0.25, 0.3) is 0 Å². The lowest BCUT2D eigenvalue weighted by molar-refractivity contribution is -0.138. The van der Waals surface area contributed by atoms with E-state index < -0.39 is 29.1 Å². The van der Waals surface area contributed by atoms with Crippen molar-refractivity contribution < 1.29 is 22.3 Å². The van der Waals surface area contributed by atoms with Crippen LogP contribution in [-0.4, -0.2) is 0 Å². The number of ether oxygens (including phenoxy) is 1. The highest BCUT2D eigenvalue weighted by Gasteiger charge is 2.34. The Morgan fingerprint density at radius 1 is 1.10 bits per heavy atom. The van der Waals surface area contributed by atoms with E-state index in [1.807, 2.05) is 0 Å². The molecule has 0 fully saturated rings. The van der Waals surface area contributed by atoms with Gasteiger partial charge in [0.1, 0.15) is 5.75 Å². The normalized spacial score (nSPS) is 11.4. The molecule has 106 valence electrons. The van der Waals surface area contributed by atoms with Gasteiger partial charge in [-0.1, -0.05) is 22.0 Å². The fraction of sp³-hybridized carbons (Fsp3) is 0.0769. The third-order valence-electron chi connectivity index (χ3n) is 2.46. The highest BCUT2D eigenvalue weighted by Crippen LogP contribution is 2.41. The smallest absolute Gasteiger partial charge is 0.419 e. The van der Waals surface area contributed by atoms with Crippen LogP contribution in [-0.2, 0) is 6.18 Å². The van der Waals surface area contributed by atoms with Crippen LogP contribution in [0.4, 0.5) is 23.2 Å². The molecule has 0 saturated heterocycles. The highest BCUT2D eigenvalue weighted by atomic mass is 79.9. The zero-order chi connectivity index (χ0) is 14.9. The van der Waals surface area contributed by atoms with Crippen LogP contribution in [0.5, 0.6) is 11.5 Å². The lowest BCUT2D eigenvalue weighted by Gasteiger charge is -2.15. The molecule has 2 nitrogen and oxygen atoms in total. The van der Waals surface area contributed by atoms with Crippen molar-refractivity contribution in [2.45, 2.75) is 6.18 Å². The van der Waals surface area contributed by atoms with Gasteiger partial charge in [0.05, 0.1) is 11.3 Å². The number of rotatable bonds is 2. The highest BCUT2D eigenvalue weighted by molar-refractivity contribution is 9.10. The first kappa shape index (κ1) is 14.6. The van der Waals surface area contributed by atoms with Gasteiger partial charge in [-0.3, -0.25) is 0 Å². The maximum atomic E-state index is 13.6. The number of hydrogen-bond donors (Lipinski definition) is 1. The maximum Gasteiger partial charge on any atom is 0.419 e. The molecular weight excluding hydrogens is 342 g/mol. The summed E-state index contributed by atoms with van der Waals surface area (Å²) >= 11 is 3.04. The SMILES string of the molecule is Nc1cccc(F)c1Oc1cc(Br)ccc1C(F)(F)F. The summed E-state index contributed by atoms with van der Waals surface area (Å²) in [5.74, 6) is -1.79. The predicted octanol–water partition coefficient (Wildman–Crippen LogP) is 4.98. The van der Waals surface area contributed by atoms with E-state index in [4.69, 9.17) is 10.5 Å². The van der Waals surface area contributed by atoms with Crippen LogP contribution in [0.25, 0.3) is 0 Å². The zero-order valence-corrected chi connectivity index (χ0v) is 11.4. The number of anilines is 1. The average Bonchev–Trinajstić information content (AvgIpc) is 2.32. The standard InChI is InChI=1S/C13H8BrF4NO/c14-7-4-5-8(13(16,17)18)11(6-7)20-12-9(15)2-1-3-10(12)19/h1-6H,19H2. The van der Waals surface area contributed by atoms with Gasteiger partial charge in [0.15, 0.2) is 11.6 Å². The van der Waals surface area contributed by atoms with E-state index in [1.54, 1.807) is 0 Å². The van der Waals surface area contributed by atoms with E-state index in [2.05, 4.69) is 15.9 Å². The van der Waals surface area contributed by atoms with Gasteiger partial charge in [-0.25, -0.2) is 4.39 Å². The monoisotopic (exact) mass is 349 g/mol. The van der Waals surface area contributed by atoms with Crippen LogP contribution in [0, 0.1) is 5.82 Å². The van der Waals surface area contributed by atoms with Crippen molar-refractivity contribution in [3.05, 3.63) is 52.3 Å². The van der Waals surface area contributed by atoms with E-state index in [9.17, 15) is 17.6 Å². The molecule has 20 heavy (non-hydrogen) atoms. The zero-order valence-electron chi connectivity index (χ0n) is 9.84. The van der Waals surface area contributed by atoms with Crippen LogP contribution < -0.4 is 10.5 Å². The summed E-state index contributed by atoms with van der Waals surface area (Å²) in [6, 6.07) is 6.90. The molecule has 2 aromatic carbocycles. The average molecular weight is 350 g/mol. The minimum Gasteiger partial charge on any atom is -0.451 e. The third kappa shape index (κ3) is 3.04. The Kier molecular flexibility index (Phi) is 3.89. The molecule has 0 atom stereocenters. The second kappa shape index (κ2) is 5.32. The molecule has 7 heteroatoms. The maximum absolute atomic E-state index is 13.6. The van der Waals surface area contributed by atoms with Gasteiger partial charge in [-0.2, -0.15) is 13.2 Å². The van der Waals surface area contributed by atoms with Crippen molar-refractivity contribution >= 4 is 21.6 Å². The summed E-state index contributed by atoms with van der Waals surface area (Å²) in [6.45, 7) is 0. The Balaban J connectivity index is 2.51. The number of nitrogen functional groups attached to an aromatic ring is 1. The molecule has 0 saturated carbocycles. The first-order valence-corrected chi connectivity index (χ1v) is 6.17. The Morgan fingerprint density at radius 3 is 2.40 bits per heavy atom. The number of hydrogen-bond acceptors (Lipinski definition) is 2. The summed E-state index contributed by atoms with van der Waals surface area (Å²) in [7, 11) is 0. The van der Waals surface area contributed by atoms with Crippen LogP contribution in [0.3, 0.4) is 0 Å². The Labute approximate surface area is 120 Å². The lowest BCUT2D eigenvalue weighted by atomic mass is 10.2. The summed E-state index contributed by atoms with van der Waals surface area (Å²) in [5.41, 5.74) is 4.41. The van der Waals surface area contributed by atoms with Gasteiger partial charge in [-0.15, -0.1) is 0 Å². The van der Waals surface area contributed by atoms with Crippen molar-refractivity contribution in [2.24, 2.45) is 0 Å². The summed E-state index contributed by atoms with van der Waals surface area (Å²) in [6.07, 6.45) is -4.62. The summed E-state index contributed by atoms with van der Waals surface area (Å²) in [4.78, 5) is 0. The molecule has 2 N–H and O–H groups in total.